The van der Waals surface area contributed by atoms with Crippen molar-refractivity contribution < 1.29 is 9.47 Å². The van der Waals surface area contributed by atoms with Crippen molar-refractivity contribution in [1.82, 2.24) is 4.90 Å². The van der Waals surface area contributed by atoms with Gasteiger partial charge in [-0.1, -0.05) is 6.92 Å². The lowest BCUT2D eigenvalue weighted by atomic mass is 10.1. The molecule has 0 radical (unpaired) electrons. The lowest BCUT2D eigenvalue weighted by Crippen LogP contribution is -2.38. The minimum atomic E-state index is -0.0484. The van der Waals surface area contributed by atoms with E-state index in [4.69, 9.17) is 9.47 Å². The van der Waals surface area contributed by atoms with Crippen molar-refractivity contribution in [2.45, 2.75) is 46.4 Å². The van der Waals surface area contributed by atoms with Gasteiger partial charge in [0.1, 0.15) is 0 Å². The summed E-state index contributed by atoms with van der Waals surface area (Å²) in [6, 6.07) is 0.661. The third-order valence-electron chi connectivity index (χ3n) is 3.36. The Morgan fingerprint density at radius 3 is 2.20 bits per heavy atom. The van der Waals surface area contributed by atoms with E-state index in [0.29, 0.717) is 6.04 Å². The second-order valence-corrected chi connectivity index (χ2v) is 4.34. The van der Waals surface area contributed by atoms with Gasteiger partial charge in [0, 0.05) is 25.8 Å². The molecule has 1 aliphatic rings. The van der Waals surface area contributed by atoms with Crippen molar-refractivity contribution in [3.8, 4) is 0 Å². The van der Waals surface area contributed by atoms with Gasteiger partial charge in [0.2, 0.25) is 0 Å². The Morgan fingerprint density at radius 2 is 1.80 bits per heavy atom. The molecule has 0 unspecified atom stereocenters. The van der Waals surface area contributed by atoms with Crippen LogP contribution in [0.3, 0.4) is 0 Å². The first-order valence-corrected chi connectivity index (χ1v) is 6.16. The fourth-order valence-electron chi connectivity index (χ4n) is 2.15. The van der Waals surface area contributed by atoms with Crippen molar-refractivity contribution in [3.63, 3.8) is 0 Å². The van der Waals surface area contributed by atoms with E-state index in [1.54, 1.807) is 0 Å². The predicted octanol–water partition coefficient (Wildman–Crippen LogP) is 2.12. The van der Waals surface area contributed by atoms with Crippen LogP contribution >= 0.6 is 0 Å². The molecule has 1 fully saturated rings. The fraction of sp³-hybridized carbons (Fsp3) is 1.00. The van der Waals surface area contributed by atoms with E-state index in [2.05, 4.69) is 18.7 Å². The molecular formula is C12H25NO2. The molecule has 0 aromatic heterocycles. The zero-order valence-corrected chi connectivity index (χ0v) is 10.5. The first-order valence-electron chi connectivity index (χ1n) is 6.16. The predicted molar refractivity (Wildman–Crippen MR) is 61.9 cm³/mol. The summed E-state index contributed by atoms with van der Waals surface area (Å²) < 4.78 is 11.1. The molecule has 0 aromatic rings. The van der Waals surface area contributed by atoms with E-state index in [0.717, 1.165) is 25.7 Å². The Morgan fingerprint density at radius 1 is 1.20 bits per heavy atom. The third kappa shape index (κ3) is 3.74. The summed E-state index contributed by atoms with van der Waals surface area (Å²) in [5.74, 6) is 0.800. The van der Waals surface area contributed by atoms with Crippen molar-refractivity contribution in [3.05, 3.63) is 0 Å². The first kappa shape index (κ1) is 12.9. The lowest BCUT2D eigenvalue weighted by Gasteiger charge is -2.27. The summed E-state index contributed by atoms with van der Waals surface area (Å²) in [6.45, 7) is 12.2. The number of nitrogens with zero attached hydrogens (tertiary/aromatic N) is 1. The average Bonchev–Trinajstić information content (AvgIpc) is 2.51. The summed E-state index contributed by atoms with van der Waals surface area (Å²) in [5, 5.41) is 0. The highest BCUT2D eigenvalue weighted by Crippen LogP contribution is 2.23. The molecule has 0 aliphatic carbocycles. The van der Waals surface area contributed by atoms with Crippen LogP contribution in [0.25, 0.3) is 0 Å². The van der Waals surface area contributed by atoms with Crippen LogP contribution in [0.1, 0.15) is 34.1 Å². The van der Waals surface area contributed by atoms with Gasteiger partial charge in [-0.2, -0.15) is 0 Å². The molecule has 1 heterocycles. The van der Waals surface area contributed by atoms with Gasteiger partial charge in [0.05, 0.1) is 0 Å². The van der Waals surface area contributed by atoms with Gasteiger partial charge < -0.3 is 9.47 Å². The minimum Gasteiger partial charge on any atom is -0.352 e. The van der Waals surface area contributed by atoms with E-state index in [1.807, 2.05) is 13.8 Å². The summed E-state index contributed by atoms with van der Waals surface area (Å²) in [4.78, 5) is 2.47. The maximum absolute atomic E-state index is 5.56. The summed E-state index contributed by atoms with van der Waals surface area (Å²) in [5.41, 5.74) is 0. The molecule has 3 nitrogen and oxygen atoms in total. The molecule has 0 spiro atoms. The van der Waals surface area contributed by atoms with Crippen LogP contribution in [0.4, 0.5) is 0 Å². The Bertz CT molecular complexity index is 169. The van der Waals surface area contributed by atoms with Crippen LogP contribution in [0.2, 0.25) is 0 Å². The van der Waals surface area contributed by atoms with Crippen molar-refractivity contribution >= 4 is 0 Å². The number of ether oxygens (including phenoxy) is 2. The number of likely N-dealkylation sites (tertiary alicyclic amines) is 1. The summed E-state index contributed by atoms with van der Waals surface area (Å²) in [7, 11) is 0. The molecule has 1 rings (SSSR count). The zero-order chi connectivity index (χ0) is 11.3. The van der Waals surface area contributed by atoms with Crippen LogP contribution in [-0.4, -0.2) is 43.5 Å². The first-order chi connectivity index (χ1) is 7.19. The molecule has 0 amide bonds. The molecule has 1 aliphatic heterocycles. The standard InChI is InChI=1S/C12H25NO2/c1-5-14-12(15-6-2)9-13-8-7-10(3)11(13)4/h10-12H,5-9H2,1-4H3/t10-,11-/m1/s1. The monoisotopic (exact) mass is 215 g/mol. The van der Waals surface area contributed by atoms with Crippen LogP contribution < -0.4 is 0 Å². The highest BCUT2D eigenvalue weighted by Gasteiger charge is 2.29. The quantitative estimate of drug-likeness (QED) is 0.633. The Balaban J connectivity index is 2.36. The molecule has 2 atom stereocenters. The van der Waals surface area contributed by atoms with Crippen molar-refractivity contribution in [2.75, 3.05) is 26.3 Å². The van der Waals surface area contributed by atoms with Gasteiger partial charge in [-0.05, 0) is 39.7 Å². The largest absolute Gasteiger partial charge is 0.352 e. The molecule has 1 saturated heterocycles. The maximum atomic E-state index is 5.56. The minimum absolute atomic E-state index is 0.0484. The third-order valence-corrected chi connectivity index (χ3v) is 3.36. The van der Waals surface area contributed by atoms with Gasteiger partial charge in [-0.25, -0.2) is 0 Å². The number of rotatable bonds is 6. The van der Waals surface area contributed by atoms with Crippen LogP contribution in [0, 0.1) is 5.92 Å². The van der Waals surface area contributed by atoms with E-state index in [-0.39, 0.29) is 6.29 Å². The molecule has 0 bridgehead atoms. The Labute approximate surface area is 93.7 Å². The summed E-state index contributed by atoms with van der Waals surface area (Å²) >= 11 is 0. The van der Waals surface area contributed by atoms with Crippen molar-refractivity contribution in [2.24, 2.45) is 5.92 Å². The molecule has 90 valence electrons. The smallest absolute Gasteiger partial charge is 0.170 e. The van der Waals surface area contributed by atoms with Gasteiger partial charge in [-0.3, -0.25) is 4.90 Å². The highest BCUT2D eigenvalue weighted by atomic mass is 16.7. The Hall–Kier alpha value is -0.120. The number of hydrogen-bond donors (Lipinski definition) is 0. The molecule has 0 saturated carbocycles. The van der Waals surface area contributed by atoms with E-state index < -0.39 is 0 Å². The van der Waals surface area contributed by atoms with Crippen LogP contribution in [0.5, 0.6) is 0 Å². The highest BCUT2D eigenvalue weighted by molar-refractivity contribution is 4.81. The normalized spacial score (nSPS) is 27.8. The van der Waals surface area contributed by atoms with E-state index >= 15 is 0 Å². The van der Waals surface area contributed by atoms with E-state index in [9.17, 15) is 0 Å². The second kappa shape index (κ2) is 6.46. The van der Waals surface area contributed by atoms with Crippen LogP contribution in [0.15, 0.2) is 0 Å². The van der Waals surface area contributed by atoms with E-state index in [1.165, 1.54) is 13.0 Å². The molecule has 15 heavy (non-hydrogen) atoms. The molecule has 0 aromatic carbocycles. The topological polar surface area (TPSA) is 21.7 Å². The lowest BCUT2D eigenvalue weighted by molar-refractivity contribution is -0.148. The average molecular weight is 215 g/mol. The fourth-order valence-corrected chi connectivity index (χ4v) is 2.15. The molecule has 0 N–H and O–H groups in total. The zero-order valence-electron chi connectivity index (χ0n) is 10.5. The van der Waals surface area contributed by atoms with Gasteiger partial charge in [-0.15, -0.1) is 0 Å². The van der Waals surface area contributed by atoms with Gasteiger partial charge in [0.25, 0.3) is 0 Å². The second-order valence-electron chi connectivity index (χ2n) is 4.34. The SMILES string of the molecule is CCOC(CN1CC[C@@H](C)[C@H]1C)OCC. The molecule has 3 heteroatoms. The Kier molecular flexibility index (Phi) is 5.58. The molecular weight excluding hydrogens is 190 g/mol. The van der Waals surface area contributed by atoms with Gasteiger partial charge >= 0.3 is 0 Å². The van der Waals surface area contributed by atoms with Gasteiger partial charge in [0.15, 0.2) is 6.29 Å². The number of hydrogen-bond acceptors (Lipinski definition) is 3. The van der Waals surface area contributed by atoms with Crippen LogP contribution in [-0.2, 0) is 9.47 Å². The maximum Gasteiger partial charge on any atom is 0.170 e. The van der Waals surface area contributed by atoms with Crippen molar-refractivity contribution in [1.29, 1.82) is 0 Å². The summed E-state index contributed by atoms with van der Waals surface area (Å²) in [6.07, 6.45) is 1.25.